The lowest BCUT2D eigenvalue weighted by Crippen LogP contribution is -2.44. The molecule has 3 N–H and O–H groups in total. The highest BCUT2D eigenvalue weighted by Crippen LogP contribution is 2.30. The number of ether oxygens (including phenoxy) is 1. The number of nitrogens with zero attached hydrogens (tertiary/aromatic N) is 2. The van der Waals surface area contributed by atoms with E-state index in [4.69, 9.17) is 14.9 Å². The molecule has 1 unspecified atom stereocenters. The topological polar surface area (TPSA) is 141 Å². The van der Waals surface area contributed by atoms with Gasteiger partial charge in [0.15, 0.2) is 0 Å². The molecule has 10 nitrogen and oxygen atoms in total. The highest BCUT2D eigenvalue weighted by Gasteiger charge is 2.26. The molecule has 1 aromatic heterocycles. The van der Waals surface area contributed by atoms with Crippen LogP contribution in [0.2, 0.25) is 0 Å². The minimum Gasteiger partial charge on any atom is -0.465 e. The molecule has 2 amide bonds. The van der Waals surface area contributed by atoms with Crippen molar-refractivity contribution in [2.75, 3.05) is 38.6 Å². The van der Waals surface area contributed by atoms with Gasteiger partial charge in [0.25, 0.3) is 5.69 Å². The number of carbonyl (C=O) groups is 2. The lowest BCUT2D eigenvalue weighted by Gasteiger charge is -2.33. The second-order valence-electron chi connectivity index (χ2n) is 7.01. The summed E-state index contributed by atoms with van der Waals surface area (Å²) in [5, 5.41) is 14.2. The largest absolute Gasteiger partial charge is 0.465 e. The van der Waals surface area contributed by atoms with Gasteiger partial charge >= 0.3 is 0 Å². The number of carbonyl (C=O) groups excluding carboxylic acids is 2. The summed E-state index contributed by atoms with van der Waals surface area (Å²) >= 11 is 1.03. The van der Waals surface area contributed by atoms with E-state index in [9.17, 15) is 19.7 Å². The van der Waals surface area contributed by atoms with Crippen LogP contribution in [0.4, 0.5) is 5.69 Å². The zero-order valence-corrected chi connectivity index (χ0v) is 17.9. The minimum absolute atomic E-state index is 0.0101. The molecular weight excluding hydrogens is 424 g/mol. The number of primary amides is 1. The Morgan fingerprint density at radius 1 is 1.29 bits per heavy atom. The summed E-state index contributed by atoms with van der Waals surface area (Å²) in [5.41, 5.74) is 4.97. The third-order valence-electron chi connectivity index (χ3n) is 4.87. The Kier molecular flexibility index (Phi) is 7.66. The van der Waals surface area contributed by atoms with Gasteiger partial charge in [-0.3, -0.25) is 24.6 Å². The summed E-state index contributed by atoms with van der Waals surface area (Å²) in [6, 6.07) is 7.61. The molecule has 1 saturated heterocycles. The van der Waals surface area contributed by atoms with Gasteiger partial charge < -0.3 is 20.2 Å². The van der Waals surface area contributed by atoms with Gasteiger partial charge in [0.05, 0.1) is 34.8 Å². The Balaban J connectivity index is 1.62. The standard InChI is InChI=1S/C20H24N4O6S/c1-13-2-4-17(30-13)16(23-6-8-29-9-7-23)11-22-19(25)12-31-18-5-3-14(20(21)26)10-15(18)24(27)28/h2-5,10,16H,6-9,11-12H2,1H3,(H2,21,26)(H,22,25). The van der Waals surface area contributed by atoms with Gasteiger partial charge in [0, 0.05) is 31.3 Å². The molecular formula is C20H24N4O6S. The zero-order chi connectivity index (χ0) is 22.4. The van der Waals surface area contributed by atoms with E-state index in [2.05, 4.69) is 10.2 Å². The normalized spacial score (nSPS) is 15.4. The fourth-order valence-corrected chi connectivity index (χ4v) is 4.11. The van der Waals surface area contributed by atoms with E-state index in [1.807, 2.05) is 19.1 Å². The molecule has 0 bridgehead atoms. The van der Waals surface area contributed by atoms with E-state index in [1.54, 1.807) is 0 Å². The zero-order valence-electron chi connectivity index (χ0n) is 17.0. The summed E-state index contributed by atoms with van der Waals surface area (Å²) < 4.78 is 11.2. The number of rotatable bonds is 9. The fraction of sp³-hybridized carbons (Fsp3) is 0.400. The molecule has 2 aromatic rings. The fourth-order valence-electron chi connectivity index (χ4n) is 3.27. The highest BCUT2D eigenvalue weighted by atomic mass is 32.2. The van der Waals surface area contributed by atoms with Gasteiger partial charge in [0.1, 0.15) is 11.5 Å². The molecule has 1 aromatic carbocycles. The van der Waals surface area contributed by atoms with Crippen molar-refractivity contribution in [3.05, 3.63) is 57.5 Å². The summed E-state index contributed by atoms with van der Waals surface area (Å²) in [6.07, 6.45) is 0. The van der Waals surface area contributed by atoms with Gasteiger partial charge in [-0.1, -0.05) is 0 Å². The molecule has 1 aliphatic heterocycles. The first-order valence-electron chi connectivity index (χ1n) is 9.71. The Morgan fingerprint density at radius 2 is 2.03 bits per heavy atom. The van der Waals surface area contributed by atoms with Crippen LogP contribution in [0.25, 0.3) is 0 Å². The predicted molar refractivity (Wildman–Crippen MR) is 114 cm³/mol. The summed E-state index contributed by atoms with van der Waals surface area (Å²) in [6.45, 7) is 4.90. The molecule has 1 aliphatic rings. The van der Waals surface area contributed by atoms with Gasteiger partial charge in [0.2, 0.25) is 11.8 Å². The van der Waals surface area contributed by atoms with Crippen LogP contribution >= 0.6 is 11.8 Å². The third kappa shape index (κ3) is 6.06. The first kappa shape index (κ1) is 22.8. The van der Waals surface area contributed by atoms with Crippen molar-refractivity contribution in [1.29, 1.82) is 0 Å². The quantitative estimate of drug-likeness (QED) is 0.336. The van der Waals surface area contributed by atoms with Gasteiger partial charge in [-0.25, -0.2) is 0 Å². The monoisotopic (exact) mass is 448 g/mol. The average Bonchev–Trinajstić information content (AvgIpc) is 3.18. The van der Waals surface area contributed by atoms with Crippen molar-refractivity contribution in [3.63, 3.8) is 0 Å². The van der Waals surface area contributed by atoms with Crippen LogP contribution < -0.4 is 11.1 Å². The van der Waals surface area contributed by atoms with E-state index in [-0.39, 0.29) is 33.8 Å². The number of nitrogens with one attached hydrogen (secondary N) is 1. The maximum Gasteiger partial charge on any atom is 0.283 e. The number of benzene rings is 1. The number of hydrogen-bond donors (Lipinski definition) is 2. The molecule has 0 radical (unpaired) electrons. The van der Waals surface area contributed by atoms with Crippen molar-refractivity contribution in [2.45, 2.75) is 17.9 Å². The lowest BCUT2D eigenvalue weighted by atomic mass is 10.1. The SMILES string of the molecule is Cc1ccc(C(CNC(=O)CSc2ccc(C(N)=O)cc2[N+](=O)[O-])N2CCOCC2)o1. The van der Waals surface area contributed by atoms with E-state index in [0.717, 1.165) is 42.4 Å². The van der Waals surface area contributed by atoms with Crippen LogP contribution in [-0.2, 0) is 9.53 Å². The first-order valence-corrected chi connectivity index (χ1v) is 10.7. The van der Waals surface area contributed by atoms with Crippen LogP contribution in [-0.4, -0.2) is 60.2 Å². The number of hydrogen-bond acceptors (Lipinski definition) is 8. The number of morpholine rings is 1. The third-order valence-corrected chi connectivity index (χ3v) is 5.93. The van der Waals surface area contributed by atoms with E-state index in [0.29, 0.717) is 19.8 Å². The number of nitro benzene ring substituents is 1. The van der Waals surface area contributed by atoms with Crippen LogP contribution in [0, 0.1) is 17.0 Å². The Hall–Kier alpha value is -2.89. The molecule has 0 spiro atoms. The van der Waals surface area contributed by atoms with Crippen LogP contribution in [0.15, 0.2) is 39.6 Å². The van der Waals surface area contributed by atoms with Crippen molar-refractivity contribution >= 4 is 29.3 Å². The minimum atomic E-state index is -0.750. The lowest BCUT2D eigenvalue weighted by molar-refractivity contribution is -0.387. The maximum absolute atomic E-state index is 12.4. The Morgan fingerprint density at radius 3 is 2.65 bits per heavy atom. The average molecular weight is 449 g/mol. The molecule has 31 heavy (non-hydrogen) atoms. The van der Waals surface area contributed by atoms with E-state index < -0.39 is 10.8 Å². The second kappa shape index (κ2) is 10.4. The number of furan rings is 1. The summed E-state index contributed by atoms with van der Waals surface area (Å²) in [7, 11) is 0. The van der Waals surface area contributed by atoms with Gasteiger partial charge in [-0.05, 0) is 31.2 Å². The number of thioether (sulfide) groups is 1. The predicted octanol–water partition coefficient (Wildman–Crippen LogP) is 1.88. The number of amides is 2. The number of aryl methyl sites for hydroxylation is 1. The van der Waals surface area contributed by atoms with Crippen molar-refractivity contribution in [2.24, 2.45) is 5.73 Å². The number of nitro groups is 1. The van der Waals surface area contributed by atoms with Crippen molar-refractivity contribution in [3.8, 4) is 0 Å². The van der Waals surface area contributed by atoms with Gasteiger partial charge in [-0.2, -0.15) is 0 Å². The summed E-state index contributed by atoms with van der Waals surface area (Å²) in [5.74, 6) is 0.537. The maximum atomic E-state index is 12.4. The molecule has 0 aliphatic carbocycles. The molecule has 166 valence electrons. The van der Waals surface area contributed by atoms with Crippen LogP contribution in [0.3, 0.4) is 0 Å². The second-order valence-corrected chi connectivity index (χ2v) is 8.03. The molecule has 1 fully saturated rings. The number of nitrogens with two attached hydrogens (primary N) is 1. The Labute approximate surface area is 183 Å². The first-order chi connectivity index (χ1) is 14.8. The van der Waals surface area contributed by atoms with E-state index >= 15 is 0 Å². The van der Waals surface area contributed by atoms with Gasteiger partial charge in [-0.15, -0.1) is 11.8 Å². The molecule has 3 rings (SSSR count). The van der Waals surface area contributed by atoms with Crippen LogP contribution in [0.5, 0.6) is 0 Å². The molecule has 11 heteroatoms. The van der Waals surface area contributed by atoms with Crippen molar-refractivity contribution < 1.29 is 23.7 Å². The molecule has 1 atom stereocenters. The molecule has 0 saturated carbocycles. The molecule has 2 heterocycles. The van der Waals surface area contributed by atoms with Crippen molar-refractivity contribution in [1.82, 2.24) is 10.2 Å². The smallest absolute Gasteiger partial charge is 0.283 e. The van der Waals surface area contributed by atoms with Crippen LogP contribution in [0.1, 0.15) is 27.9 Å². The Bertz CT molecular complexity index is 957. The highest BCUT2D eigenvalue weighted by molar-refractivity contribution is 8.00. The summed E-state index contributed by atoms with van der Waals surface area (Å²) in [4.78, 5) is 36.9. The van der Waals surface area contributed by atoms with E-state index in [1.165, 1.54) is 12.1 Å².